The summed E-state index contributed by atoms with van der Waals surface area (Å²) in [5, 5.41) is 11.1. The highest BCUT2D eigenvalue weighted by Crippen LogP contribution is 2.24. The number of carbonyl (C=O) groups is 1. The molecular formula is C12H13ClN4O2S. The van der Waals surface area contributed by atoms with Crippen molar-refractivity contribution in [3.63, 3.8) is 0 Å². The van der Waals surface area contributed by atoms with Gasteiger partial charge in [-0.15, -0.1) is 10.2 Å². The number of amides is 1. The molecule has 2 aromatic rings. The normalized spacial score (nSPS) is 10.5. The maximum Gasteiger partial charge on any atom is 0.276 e. The Labute approximate surface area is 125 Å². The van der Waals surface area contributed by atoms with Crippen LogP contribution in [0.2, 0.25) is 5.02 Å². The molecule has 0 atom stereocenters. The number of thioether (sulfide) groups is 1. The number of halogens is 1. The Kier molecular flexibility index (Phi) is 4.86. The molecular weight excluding hydrogens is 300 g/mol. The first kappa shape index (κ1) is 14.7. The van der Waals surface area contributed by atoms with Gasteiger partial charge in [-0.25, -0.2) is 0 Å². The Morgan fingerprint density at radius 1 is 1.50 bits per heavy atom. The number of aryl methyl sites for hydroxylation is 1. The third-order valence-electron chi connectivity index (χ3n) is 2.33. The van der Waals surface area contributed by atoms with Gasteiger partial charge in [-0.3, -0.25) is 4.79 Å². The molecule has 1 aromatic carbocycles. The van der Waals surface area contributed by atoms with Crippen molar-refractivity contribution in [1.29, 1.82) is 0 Å². The Morgan fingerprint density at radius 2 is 2.30 bits per heavy atom. The van der Waals surface area contributed by atoms with Crippen LogP contribution in [0.5, 0.6) is 0 Å². The van der Waals surface area contributed by atoms with Crippen molar-refractivity contribution in [3.05, 3.63) is 29.1 Å². The Morgan fingerprint density at radius 3 is 2.95 bits per heavy atom. The number of nitrogens with zero attached hydrogens (tertiary/aromatic N) is 2. The minimum Gasteiger partial charge on any atom is -0.416 e. The fraction of sp³-hybridized carbons (Fsp3) is 0.250. The van der Waals surface area contributed by atoms with Gasteiger partial charge in [0.15, 0.2) is 0 Å². The van der Waals surface area contributed by atoms with E-state index >= 15 is 0 Å². The molecule has 8 heteroatoms. The lowest BCUT2D eigenvalue weighted by Crippen LogP contribution is -2.12. The zero-order chi connectivity index (χ0) is 14.5. The maximum absolute atomic E-state index is 11.8. The molecule has 1 aromatic heterocycles. The molecule has 0 aliphatic carbocycles. The van der Waals surface area contributed by atoms with Gasteiger partial charge >= 0.3 is 0 Å². The second-order valence-corrected chi connectivity index (χ2v) is 5.43. The Balaban J connectivity index is 1.80. The highest BCUT2D eigenvalue weighted by Gasteiger charge is 2.08. The smallest absolute Gasteiger partial charge is 0.276 e. The first-order valence-corrected chi connectivity index (χ1v) is 7.19. The van der Waals surface area contributed by atoms with Gasteiger partial charge in [-0.1, -0.05) is 23.4 Å². The lowest BCUT2D eigenvalue weighted by atomic mass is 10.3. The summed E-state index contributed by atoms with van der Waals surface area (Å²) < 4.78 is 5.19. The summed E-state index contributed by atoms with van der Waals surface area (Å²) in [5.41, 5.74) is 6.68. The van der Waals surface area contributed by atoms with Crippen LogP contribution < -0.4 is 11.1 Å². The lowest BCUT2D eigenvalue weighted by molar-refractivity contribution is -0.115. The molecule has 0 bridgehead atoms. The molecule has 3 N–H and O–H groups in total. The summed E-state index contributed by atoms with van der Waals surface area (Å²) >= 11 is 7.31. The number of aromatic nitrogens is 2. The zero-order valence-corrected chi connectivity index (χ0v) is 12.3. The average molecular weight is 313 g/mol. The quantitative estimate of drug-likeness (QED) is 0.651. The van der Waals surface area contributed by atoms with Gasteiger partial charge in [0.2, 0.25) is 11.8 Å². The van der Waals surface area contributed by atoms with Crippen molar-refractivity contribution < 1.29 is 9.21 Å². The standard InChI is InChI=1S/C12H13ClN4O2S/c1-7-16-17-12(19-7)20-5-4-11(18)15-10-3-2-8(14)6-9(10)13/h2-3,6H,4-5,14H2,1H3,(H,15,18). The number of anilines is 2. The van der Waals surface area contributed by atoms with E-state index in [1.165, 1.54) is 11.8 Å². The average Bonchev–Trinajstić information content (AvgIpc) is 2.79. The number of carbonyl (C=O) groups excluding carboxylic acids is 1. The summed E-state index contributed by atoms with van der Waals surface area (Å²) in [5.74, 6) is 0.908. The van der Waals surface area contributed by atoms with Crippen LogP contribution in [0, 0.1) is 6.92 Å². The van der Waals surface area contributed by atoms with Crippen LogP contribution in [0.3, 0.4) is 0 Å². The van der Waals surface area contributed by atoms with E-state index in [0.717, 1.165) is 0 Å². The highest BCUT2D eigenvalue weighted by atomic mass is 35.5. The van der Waals surface area contributed by atoms with E-state index in [2.05, 4.69) is 15.5 Å². The van der Waals surface area contributed by atoms with Crippen molar-refractivity contribution in [2.75, 3.05) is 16.8 Å². The van der Waals surface area contributed by atoms with Crippen LogP contribution in [0.1, 0.15) is 12.3 Å². The molecule has 0 radical (unpaired) electrons. The number of nitrogen functional groups attached to an aromatic ring is 1. The maximum atomic E-state index is 11.8. The fourth-order valence-electron chi connectivity index (χ4n) is 1.41. The van der Waals surface area contributed by atoms with Gasteiger partial charge in [-0.2, -0.15) is 0 Å². The number of nitrogens with two attached hydrogens (primary N) is 1. The molecule has 0 saturated heterocycles. The largest absolute Gasteiger partial charge is 0.416 e. The molecule has 6 nitrogen and oxygen atoms in total. The van der Waals surface area contributed by atoms with E-state index in [0.29, 0.717) is 39.7 Å². The van der Waals surface area contributed by atoms with Gasteiger partial charge in [0, 0.05) is 24.8 Å². The summed E-state index contributed by atoms with van der Waals surface area (Å²) in [6.07, 6.45) is 0.312. The van der Waals surface area contributed by atoms with Crippen LogP contribution >= 0.6 is 23.4 Å². The molecule has 1 heterocycles. The van der Waals surface area contributed by atoms with Crippen LogP contribution in [0.4, 0.5) is 11.4 Å². The molecule has 0 unspecified atom stereocenters. The molecule has 1 amide bonds. The predicted molar refractivity (Wildman–Crippen MR) is 78.9 cm³/mol. The fourth-order valence-corrected chi connectivity index (χ4v) is 2.39. The first-order valence-electron chi connectivity index (χ1n) is 5.82. The Hall–Kier alpha value is -1.73. The molecule has 0 aliphatic rings. The monoisotopic (exact) mass is 312 g/mol. The van der Waals surface area contributed by atoms with E-state index in [4.69, 9.17) is 21.8 Å². The second-order valence-electron chi connectivity index (χ2n) is 3.97. The van der Waals surface area contributed by atoms with Crippen molar-refractivity contribution in [3.8, 4) is 0 Å². The minimum absolute atomic E-state index is 0.139. The number of benzene rings is 1. The highest BCUT2D eigenvalue weighted by molar-refractivity contribution is 7.99. The van der Waals surface area contributed by atoms with E-state index in [9.17, 15) is 4.79 Å². The van der Waals surface area contributed by atoms with Crippen LogP contribution in [0.25, 0.3) is 0 Å². The zero-order valence-electron chi connectivity index (χ0n) is 10.7. The molecule has 0 aliphatic heterocycles. The van der Waals surface area contributed by atoms with E-state index in [1.807, 2.05) is 0 Å². The van der Waals surface area contributed by atoms with E-state index < -0.39 is 0 Å². The second kappa shape index (κ2) is 6.62. The summed E-state index contributed by atoms with van der Waals surface area (Å²) in [6, 6.07) is 4.94. The molecule has 106 valence electrons. The molecule has 2 rings (SSSR count). The van der Waals surface area contributed by atoms with Crippen molar-refractivity contribution in [2.24, 2.45) is 0 Å². The van der Waals surface area contributed by atoms with Gasteiger partial charge in [0.05, 0.1) is 10.7 Å². The van der Waals surface area contributed by atoms with Gasteiger partial charge < -0.3 is 15.5 Å². The van der Waals surface area contributed by atoms with Crippen LogP contribution in [0.15, 0.2) is 27.8 Å². The summed E-state index contributed by atoms with van der Waals surface area (Å²) in [4.78, 5) is 11.8. The summed E-state index contributed by atoms with van der Waals surface area (Å²) in [7, 11) is 0. The van der Waals surface area contributed by atoms with Crippen molar-refractivity contribution in [1.82, 2.24) is 10.2 Å². The SMILES string of the molecule is Cc1nnc(SCCC(=O)Nc2ccc(N)cc2Cl)o1. The third-order valence-corrected chi connectivity index (χ3v) is 3.46. The van der Waals surface area contributed by atoms with Crippen LogP contribution in [-0.4, -0.2) is 21.9 Å². The third kappa shape index (κ3) is 4.14. The number of nitrogens with one attached hydrogen (secondary N) is 1. The van der Waals surface area contributed by atoms with Gasteiger partial charge in [-0.05, 0) is 18.2 Å². The minimum atomic E-state index is -0.139. The molecule has 0 spiro atoms. The van der Waals surface area contributed by atoms with E-state index in [1.54, 1.807) is 25.1 Å². The van der Waals surface area contributed by atoms with Gasteiger partial charge in [0.25, 0.3) is 5.22 Å². The first-order chi connectivity index (χ1) is 9.54. The van der Waals surface area contributed by atoms with Crippen LogP contribution in [-0.2, 0) is 4.79 Å². The van der Waals surface area contributed by atoms with Gasteiger partial charge in [0.1, 0.15) is 0 Å². The van der Waals surface area contributed by atoms with Crippen molar-refractivity contribution >= 4 is 40.6 Å². The molecule has 0 fully saturated rings. The number of rotatable bonds is 5. The Bertz CT molecular complexity index is 617. The van der Waals surface area contributed by atoms with Crippen molar-refractivity contribution in [2.45, 2.75) is 18.6 Å². The topological polar surface area (TPSA) is 94.0 Å². The number of hydrogen-bond acceptors (Lipinski definition) is 6. The molecule has 20 heavy (non-hydrogen) atoms. The summed E-state index contributed by atoms with van der Waals surface area (Å²) in [6.45, 7) is 1.72. The lowest BCUT2D eigenvalue weighted by Gasteiger charge is -2.07. The van der Waals surface area contributed by atoms with E-state index in [-0.39, 0.29) is 5.91 Å². The predicted octanol–water partition coefficient (Wildman–Crippen LogP) is 2.73. The number of hydrogen-bond donors (Lipinski definition) is 2. The molecule has 0 saturated carbocycles.